The van der Waals surface area contributed by atoms with E-state index >= 15 is 0 Å². The molecule has 1 heterocycles. The van der Waals surface area contributed by atoms with Gasteiger partial charge in [0.1, 0.15) is 0 Å². The Bertz CT molecular complexity index is 227. The Balaban J connectivity index is 0.000000158. The van der Waals surface area contributed by atoms with Crippen LogP contribution in [0.25, 0.3) is 0 Å². The third-order valence-electron chi connectivity index (χ3n) is 5.66. The van der Waals surface area contributed by atoms with E-state index in [1.165, 1.54) is 44.9 Å². The van der Waals surface area contributed by atoms with Gasteiger partial charge in [-0.25, -0.2) is 0 Å². The van der Waals surface area contributed by atoms with Gasteiger partial charge in [-0.15, -0.1) is 0 Å². The fourth-order valence-corrected chi connectivity index (χ4v) is 6.38. The van der Waals surface area contributed by atoms with E-state index in [4.69, 9.17) is 0 Å². The number of rotatable bonds is 0. The summed E-state index contributed by atoms with van der Waals surface area (Å²) in [7, 11) is 0. The van der Waals surface area contributed by atoms with Gasteiger partial charge in [-0.3, -0.25) is 0 Å². The standard InChI is InChI=1S/C9H16.C5H10.C4H9Ge.Y/c1-7-3-9(4-7)5-8(2)6-9;1-5-3-2-4-5;1-4-2-5-3-4;/h7-8H,3-6H2,1-2H3;5H,2-4H2,1H3;4-5H,2-3H2,1H3;. The Hall–Kier alpha value is 1.65. The summed E-state index contributed by atoms with van der Waals surface area (Å²) in [5, 5.41) is 3.28. The predicted molar refractivity (Wildman–Crippen MR) is 88.2 cm³/mol. The summed E-state index contributed by atoms with van der Waals surface area (Å²) in [6, 6.07) is 0. The number of hydrogen-bond donors (Lipinski definition) is 0. The first-order valence-corrected chi connectivity index (χ1v) is 12.2. The molecule has 20 heavy (non-hydrogen) atoms. The van der Waals surface area contributed by atoms with E-state index in [1.54, 1.807) is 10.5 Å². The van der Waals surface area contributed by atoms with Gasteiger partial charge >= 0.3 is 38.8 Å². The van der Waals surface area contributed by atoms with Crippen LogP contribution in [0.4, 0.5) is 0 Å². The first-order valence-electron chi connectivity index (χ1n) is 8.81. The van der Waals surface area contributed by atoms with Crippen LogP contribution in [-0.2, 0) is 32.7 Å². The van der Waals surface area contributed by atoms with Crippen molar-refractivity contribution in [1.29, 1.82) is 0 Å². The van der Waals surface area contributed by atoms with Crippen molar-refractivity contribution >= 4 is 15.4 Å². The van der Waals surface area contributed by atoms with E-state index in [2.05, 4.69) is 27.7 Å². The molecule has 0 N–H and O–H groups in total. The van der Waals surface area contributed by atoms with Gasteiger partial charge in [-0.2, -0.15) is 0 Å². The zero-order valence-electron chi connectivity index (χ0n) is 14.3. The number of hydrogen-bond acceptors (Lipinski definition) is 0. The van der Waals surface area contributed by atoms with Crippen molar-refractivity contribution < 1.29 is 32.7 Å². The monoisotopic (exact) mass is 414 g/mol. The van der Waals surface area contributed by atoms with E-state index in [0.29, 0.717) is 15.4 Å². The summed E-state index contributed by atoms with van der Waals surface area (Å²) in [6.07, 6.45) is 10.6. The molecule has 0 aromatic heterocycles. The van der Waals surface area contributed by atoms with Crippen LogP contribution in [0.5, 0.6) is 0 Å². The van der Waals surface area contributed by atoms with Gasteiger partial charge in [0.25, 0.3) is 0 Å². The van der Waals surface area contributed by atoms with Gasteiger partial charge in [0.15, 0.2) is 0 Å². The van der Waals surface area contributed by atoms with Crippen molar-refractivity contribution in [3.05, 3.63) is 0 Å². The predicted octanol–water partition coefficient (Wildman–Crippen LogP) is 5.55. The van der Waals surface area contributed by atoms with Gasteiger partial charge < -0.3 is 0 Å². The van der Waals surface area contributed by atoms with Gasteiger partial charge in [-0.05, 0) is 48.9 Å². The normalized spacial score (nSPS) is 38.4. The summed E-state index contributed by atoms with van der Waals surface area (Å²) in [4.78, 5) is 0. The van der Waals surface area contributed by atoms with Crippen LogP contribution in [0.15, 0.2) is 0 Å². The van der Waals surface area contributed by atoms with E-state index in [-0.39, 0.29) is 32.7 Å². The van der Waals surface area contributed by atoms with Crippen molar-refractivity contribution in [2.75, 3.05) is 0 Å². The maximum Gasteiger partial charge on any atom is 0 e. The van der Waals surface area contributed by atoms with E-state index in [9.17, 15) is 0 Å². The smallest absolute Gasteiger partial charge is 0 e. The first kappa shape index (κ1) is 19.7. The van der Waals surface area contributed by atoms with E-state index in [1.807, 2.05) is 0 Å². The molecular weight excluding hydrogens is 378 g/mol. The topological polar surface area (TPSA) is 0 Å². The third kappa shape index (κ3) is 6.03. The molecule has 0 unspecified atom stereocenters. The fourth-order valence-electron chi connectivity index (χ4n) is 4.28. The van der Waals surface area contributed by atoms with Crippen LogP contribution < -0.4 is 0 Å². The van der Waals surface area contributed by atoms with Crippen LogP contribution in [0.2, 0.25) is 10.5 Å². The summed E-state index contributed by atoms with van der Waals surface area (Å²) in [6.45, 7) is 9.42. The van der Waals surface area contributed by atoms with Gasteiger partial charge in [0.2, 0.25) is 0 Å². The van der Waals surface area contributed by atoms with Crippen molar-refractivity contribution in [3.63, 3.8) is 0 Å². The molecule has 1 spiro atoms. The molecule has 2 heteroatoms. The Kier molecular flexibility index (Phi) is 8.93. The third-order valence-corrected chi connectivity index (χ3v) is 10.4. The molecule has 0 aromatic rings. The van der Waals surface area contributed by atoms with E-state index < -0.39 is 0 Å². The fraction of sp³-hybridized carbons (Fsp3) is 1.00. The Morgan fingerprint density at radius 1 is 0.700 bits per heavy atom. The van der Waals surface area contributed by atoms with Crippen molar-refractivity contribution in [3.8, 4) is 0 Å². The molecule has 1 aliphatic heterocycles. The first-order chi connectivity index (χ1) is 8.99. The Morgan fingerprint density at radius 2 is 1.05 bits per heavy atom. The van der Waals surface area contributed by atoms with Gasteiger partial charge in [0.05, 0.1) is 0 Å². The molecule has 0 atom stereocenters. The molecule has 2 radical (unpaired) electrons. The molecule has 4 aliphatic rings. The second kappa shape index (κ2) is 9.07. The van der Waals surface area contributed by atoms with Crippen molar-refractivity contribution in [1.82, 2.24) is 0 Å². The summed E-state index contributed by atoms with van der Waals surface area (Å²) >= 11 is 0.441. The molecule has 3 aliphatic carbocycles. The summed E-state index contributed by atoms with van der Waals surface area (Å²) in [5.74, 6) is 4.31. The van der Waals surface area contributed by atoms with Crippen LogP contribution in [0, 0.1) is 29.1 Å². The molecule has 3 saturated carbocycles. The molecule has 4 fully saturated rings. The van der Waals surface area contributed by atoms with Crippen molar-refractivity contribution in [2.24, 2.45) is 29.1 Å². The molecule has 114 valence electrons. The average molecular weight is 413 g/mol. The molecular formula is C18H35GeY. The average Bonchev–Trinajstić information content (AvgIpc) is 2.21. The van der Waals surface area contributed by atoms with Crippen LogP contribution >= 0.6 is 0 Å². The Morgan fingerprint density at radius 3 is 1.15 bits per heavy atom. The minimum atomic E-state index is 0. The minimum Gasteiger partial charge on any atom is 0 e. The summed E-state index contributed by atoms with van der Waals surface area (Å²) < 4.78 is 0. The second-order valence-corrected chi connectivity index (χ2v) is 11.6. The largest absolute Gasteiger partial charge is 0 e. The maximum absolute atomic E-state index is 2.38. The molecule has 1 saturated heterocycles. The van der Waals surface area contributed by atoms with Crippen LogP contribution in [0.3, 0.4) is 0 Å². The SMILES string of the molecule is CC1CC2(C1)CC(C)C2.CC1CCC1.CC1[CH2][GeH][CH2]1.[Y]. The Labute approximate surface area is 159 Å². The molecule has 0 aromatic carbocycles. The molecule has 0 nitrogen and oxygen atoms in total. The van der Waals surface area contributed by atoms with Gasteiger partial charge in [-0.1, -0.05) is 40.0 Å². The maximum atomic E-state index is 2.38. The van der Waals surface area contributed by atoms with Crippen molar-refractivity contribution in [2.45, 2.75) is 83.1 Å². The van der Waals surface area contributed by atoms with E-state index in [0.717, 1.165) is 29.1 Å². The molecule has 0 amide bonds. The summed E-state index contributed by atoms with van der Waals surface area (Å²) in [5.41, 5.74) is 0.888. The molecule has 0 bridgehead atoms. The zero-order valence-corrected chi connectivity index (χ0v) is 19.6. The van der Waals surface area contributed by atoms with Gasteiger partial charge in [0, 0.05) is 32.7 Å². The zero-order chi connectivity index (χ0) is 13.9. The van der Waals surface area contributed by atoms with Crippen LogP contribution in [0.1, 0.15) is 72.6 Å². The molecule has 4 rings (SSSR count). The quantitative estimate of drug-likeness (QED) is 0.458. The van der Waals surface area contributed by atoms with Crippen LogP contribution in [-0.4, -0.2) is 15.4 Å². The second-order valence-electron chi connectivity index (χ2n) is 8.43. The minimum absolute atomic E-state index is 0.